The zero-order valence-corrected chi connectivity index (χ0v) is 14.6. The van der Waals surface area contributed by atoms with E-state index in [4.69, 9.17) is 4.74 Å². The Bertz CT molecular complexity index is 719. The number of rotatable bonds is 4. The van der Waals surface area contributed by atoms with E-state index in [0.717, 1.165) is 18.4 Å². The Kier molecular flexibility index (Phi) is 3.76. The molecule has 1 aromatic heterocycles. The van der Waals surface area contributed by atoms with Crippen LogP contribution in [0.5, 0.6) is 0 Å². The van der Waals surface area contributed by atoms with E-state index in [9.17, 15) is 13.6 Å². The molecular weight excluding hydrogens is 328 g/mol. The van der Waals surface area contributed by atoms with Crippen molar-refractivity contribution in [1.82, 2.24) is 10.3 Å². The largest absolute Gasteiger partial charge is 0.371 e. The number of amides is 1. The van der Waals surface area contributed by atoms with Crippen molar-refractivity contribution >= 4 is 11.7 Å². The molecule has 0 spiro atoms. The van der Waals surface area contributed by atoms with E-state index >= 15 is 0 Å². The van der Waals surface area contributed by atoms with Crippen molar-refractivity contribution in [1.29, 1.82) is 0 Å². The lowest BCUT2D eigenvalue weighted by atomic mass is 10.0. The van der Waals surface area contributed by atoms with Crippen molar-refractivity contribution in [2.45, 2.75) is 51.7 Å². The van der Waals surface area contributed by atoms with Crippen LogP contribution in [0.2, 0.25) is 0 Å². The van der Waals surface area contributed by atoms with Crippen LogP contribution in [0.3, 0.4) is 0 Å². The maximum absolute atomic E-state index is 14.6. The van der Waals surface area contributed by atoms with Gasteiger partial charge in [-0.2, -0.15) is 0 Å². The van der Waals surface area contributed by atoms with Crippen LogP contribution in [-0.2, 0) is 11.3 Å². The van der Waals surface area contributed by atoms with Crippen LogP contribution in [0, 0.1) is 12.3 Å². The van der Waals surface area contributed by atoms with Gasteiger partial charge in [-0.1, -0.05) is 6.92 Å². The fourth-order valence-electron chi connectivity index (χ4n) is 3.52. The molecule has 4 rings (SSSR count). The molecule has 5 nitrogen and oxygen atoms in total. The van der Waals surface area contributed by atoms with Gasteiger partial charge < -0.3 is 15.0 Å². The van der Waals surface area contributed by atoms with E-state index in [1.165, 1.54) is 0 Å². The number of ether oxygens (including phenoxy) is 1. The first-order valence-electron chi connectivity index (χ1n) is 8.81. The van der Waals surface area contributed by atoms with Gasteiger partial charge in [-0.3, -0.25) is 4.79 Å². The molecule has 1 N–H and O–H groups in total. The van der Waals surface area contributed by atoms with Gasteiger partial charge in [-0.25, -0.2) is 13.8 Å². The van der Waals surface area contributed by atoms with Crippen LogP contribution in [0.15, 0.2) is 6.07 Å². The van der Waals surface area contributed by atoms with E-state index in [2.05, 4.69) is 17.2 Å². The van der Waals surface area contributed by atoms with Gasteiger partial charge in [0.2, 0.25) is 0 Å². The number of nitrogens with one attached hydrogen (secondary N) is 1. The molecule has 3 aliphatic rings. The second kappa shape index (κ2) is 5.62. The number of piperidine rings is 1. The Hall–Kier alpha value is -1.76. The summed E-state index contributed by atoms with van der Waals surface area (Å²) in [6.07, 6.45) is 1.36. The number of fused-ring (bicyclic) bond motifs is 1. The van der Waals surface area contributed by atoms with Gasteiger partial charge in [-0.05, 0) is 43.2 Å². The SMILES string of the molecule is Cc1cc2c(nc1N1CC[C@@H](OCC3(C)CC3)C(F)(F)C1)CNC2=O. The summed E-state index contributed by atoms with van der Waals surface area (Å²) in [7, 11) is 0. The van der Waals surface area contributed by atoms with Gasteiger partial charge in [-0.15, -0.1) is 0 Å². The van der Waals surface area contributed by atoms with E-state index in [0.29, 0.717) is 36.8 Å². The molecule has 1 amide bonds. The Balaban J connectivity index is 1.49. The van der Waals surface area contributed by atoms with Gasteiger partial charge in [0.1, 0.15) is 11.9 Å². The fraction of sp³-hybridized carbons (Fsp3) is 0.667. The van der Waals surface area contributed by atoms with Crippen LogP contribution >= 0.6 is 0 Å². The topological polar surface area (TPSA) is 54.5 Å². The average Bonchev–Trinajstić information content (AvgIpc) is 3.18. The number of nitrogens with zero attached hydrogens (tertiary/aromatic N) is 2. The molecular formula is C18H23F2N3O2. The van der Waals surface area contributed by atoms with Crippen molar-refractivity contribution < 1.29 is 18.3 Å². The average molecular weight is 351 g/mol. The van der Waals surface area contributed by atoms with E-state index < -0.39 is 18.6 Å². The predicted octanol–water partition coefficient (Wildman–Crippen LogP) is 2.66. The number of halogens is 2. The van der Waals surface area contributed by atoms with Crippen LogP contribution in [0.1, 0.15) is 47.8 Å². The van der Waals surface area contributed by atoms with Crippen LogP contribution in [0.25, 0.3) is 0 Å². The molecule has 136 valence electrons. The number of anilines is 1. The highest BCUT2D eigenvalue weighted by Crippen LogP contribution is 2.46. The highest BCUT2D eigenvalue weighted by atomic mass is 19.3. The Morgan fingerprint density at radius 2 is 2.20 bits per heavy atom. The lowest BCUT2D eigenvalue weighted by Gasteiger charge is -2.39. The minimum atomic E-state index is -2.91. The normalized spacial score (nSPS) is 26.3. The third-order valence-electron chi connectivity index (χ3n) is 5.50. The predicted molar refractivity (Wildman–Crippen MR) is 89.0 cm³/mol. The molecule has 0 radical (unpaired) electrons. The molecule has 1 saturated carbocycles. The summed E-state index contributed by atoms with van der Waals surface area (Å²) < 4.78 is 34.8. The smallest absolute Gasteiger partial charge is 0.290 e. The summed E-state index contributed by atoms with van der Waals surface area (Å²) in [4.78, 5) is 17.8. The second-order valence-corrected chi connectivity index (χ2v) is 7.89. The van der Waals surface area contributed by atoms with Crippen molar-refractivity contribution in [2.24, 2.45) is 5.41 Å². The Morgan fingerprint density at radius 3 is 2.88 bits per heavy atom. The summed E-state index contributed by atoms with van der Waals surface area (Å²) >= 11 is 0. The van der Waals surface area contributed by atoms with Gasteiger partial charge in [0.05, 0.1) is 31.0 Å². The fourth-order valence-corrected chi connectivity index (χ4v) is 3.52. The Morgan fingerprint density at radius 1 is 1.44 bits per heavy atom. The third-order valence-corrected chi connectivity index (χ3v) is 5.50. The van der Waals surface area contributed by atoms with Crippen LogP contribution in [-0.4, -0.2) is 42.6 Å². The molecule has 1 saturated heterocycles. The first kappa shape index (κ1) is 16.7. The zero-order valence-electron chi connectivity index (χ0n) is 14.6. The summed E-state index contributed by atoms with van der Waals surface area (Å²) in [5, 5.41) is 2.71. The summed E-state index contributed by atoms with van der Waals surface area (Å²) in [5.41, 5.74) is 2.03. The quantitative estimate of drug-likeness (QED) is 0.906. The van der Waals surface area contributed by atoms with Crippen molar-refractivity contribution in [3.8, 4) is 0 Å². The number of alkyl halides is 2. The highest BCUT2D eigenvalue weighted by Gasteiger charge is 2.48. The number of hydrogen-bond acceptors (Lipinski definition) is 4. The maximum Gasteiger partial charge on any atom is 0.290 e. The first-order valence-corrected chi connectivity index (χ1v) is 8.81. The molecule has 0 aromatic carbocycles. The van der Waals surface area contributed by atoms with Crippen molar-refractivity contribution in [3.05, 3.63) is 22.9 Å². The van der Waals surface area contributed by atoms with Gasteiger partial charge in [0, 0.05) is 6.54 Å². The molecule has 0 bridgehead atoms. The maximum atomic E-state index is 14.6. The number of carbonyl (C=O) groups excluding carboxylic acids is 1. The summed E-state index contributed by atoms with van der Waals surface area (Å²) in [6.45, 7) is 4.73. The number of carbonyl (C=O) groups is 1. The van der Waals surface area contributed by atoms with Gasteiger partial charge >= 0.3 is 0 Å². The standard InChI is InChI=1S/C18H23F2N3O2/c1-11-7-12-13(8-21-16(12)24)22-15(11)23-6-3-14(18(19,20)9-23)25-10-17(2)4-5-17/h7,14H,3-6,8-10H2,1-2H3,(H,21,24)/t14-/m1/s1. The molecule has 1 atom stereocenters. The van der Waals surface area contributed by atoms with E-state index in [1.807, 2.05) is 6.92 Å². The van der Waals surface area contributed by atoms with Gasteiger partial charge in [0.15, 0.2) is 0 Å². The van der Waals surface area contributed by atoms with Crippen molar-refractivity contribution in [2.75, 3.05) is 24.6 Å². The lowest BCUT2D eigenvalue weighted by molar-refractivity contribution is -0.149. The Labute approximate surface area is 145 Å². The monoisotopic (exact) mass is 351 g/mol. The molecule has 3 heterocycles. The minimum Gasteiger partial charge on any atom is -0.371 e. The molecule has 0 unspecified atom stereocenters. The molecule has 1 aliphatic carbocycles. The van der Waals surface area contributed by atoms with Crippen molar-refractivity contribution in [3.63, 3.8) is 0 Å². The number of pyridine rings is 1. The summed E-state index contributed by atoms with van der Waals surface area (Å²) in [6, 6.07) is 1.74. The number of hydrogen-bond donors (Lipinski definition) is 1. The first-order chi connectivity index (χ1) is 11.8. The molecule has 7 heteroatoms. The molecule has 25 heavy (non-hydrogen) atoms. The van der Waals surface area contributed by atoms with Crippen LogP contribution < -0.4 is 10.2 Å². The molecule has 1 aromatic rings. The number of aromatic nitrogens is 1. The third kappa shape index (κ3) is 3.10. The van der Waals surface area contributed by atoms with E-state index in [1.54, 1.807) is 11.0 Å². The minimum absolute atomic E-state index is 0.102. The van der Waals surface area contributed by atoms with Gasteiger partial charge in [0.25, 0.3) is 11.8 Å². The van der Waals surface area contributed by atoms with E-state index in [-0.39, 0.29) is 17.7 Å². The van der Waals surface area contributed by atoms with Crippen LogP contribution in [0.4, 0.5) is 14.6 Å². The second-order valence-electron chi connectivity index (χ2n) is 7.89. The molecule has 2 fully saturated rings. The summed E-state index contributed by atoms with van der Waals surface area (Å²) in [5.74, 6) is -2.52. The molecule has 2 aliphatic heterocycles. The number of aryl methyl sites for hydroxylation is 1. The highest BCUT2D eigenvalue weighted by molar-refractivity contribution is 5.98. The lowest BCUT2D eigenvalue weighted by Crippen LogP contribution is -2.53. The zero-order chi connectivity index (χ0) is 17.8.